The summed E-state index contributed by atoms with van der Waals surface area (Å²) >= 11 is 0. The molecule has 2 fully saturated rings. The van der Waals surface area contributed by atoms with E-state index in [0.29, 0.717) is 35.8 Å². The molecule has 4 rings (SSSR count). The highest BCUT2D eigenvalue weighted by Crippen LogP contribution is 2.26. The molecule has 2 aliphatic heterocycles. The molecule has 118 valence electrons. The van der Waals surface area contributed by atoms with Gasteiger partial charge in [0.05, 0.1) is 6.54 Å². The third kappa shape index (κ3) is 2.35. The zero-order valence-corrected chi connectivity index (χ0v) is 12.0. The van der Waals surface area contributed by atoms with Crippen molar-refractivity contribution in [1.29, 1.82) is 0 Å². The lowest BCUT2D eigenvalue weighted by atomic mass is 10.2. The van der Waals surface area contributed by atoms with Crippen LogP contribution in [0.3, 0.4) is 0 Å². The van der Waals surface area contributed by atoms with Gasteiger partial charge in [-0.1, -0.05) is 0 Å². The molecule has 1 atom stereocenters. The Labute approximate surface area is 130 Å². The van der Waals surface area contributed by atoms with Crippen molar-refractivity contribution >= 4 is 34.8 Å². The number of amides is 4. The number of fused-ring (bicyclic) bond motifs is 1. The third-order valence-corrected chi connectivity index (χ3v) is 3.80. The van der Waals surface area contributed by atoms with Gasteiger partial charge < -0.3 is 20.0 Å². The average Bonchev–Trinajstić information content (AvgIpc) is 3.09. The number of nitrogens with zero attached hydrogens (tertiary/aromatic N) is 2. The summed E-state index contributed by atoms with van der Waals surface area (Å²) in [7, 11) is 0. The van der Waals surface area contributed by atoms with Crippen molar-refractivity contribution in [2.24, 2.45) is 0 Å². The SMILES string of the molecule is O=C1CN(c2ccc3oc(C4NC(=O)NC4=O)cc3n2)CCN1. The molecule has 2 aliphatic rings. The molecule has 2 aromatic heterocycles. The molecule has 9 heteroatoms. The van der Waals surface area contributed by atoms with E-state index in [4.69, 9.17) is 4.42 Å². The van der Waals surface area contributed by atoms with Crippen LogP contribution < -0.4 is 20.9 Å². The Morgan fingerprint density at radius 2 is 2.13 bits per heavy atom. The number of hydrogen-bond acceptors (Lipinski definition) is 6. The Balaban J connectivity index is 1.66. The Kier molecular flexibility index (Phi) is 2.93. The molecular weight excluding hydrogens is 302 g/mol. The van der Waals surface area contributed by atoms with Gasteiger partial charge in [0, 0.05) is 19.2 Å². The lowest BCUT2D eigenvalue weighted by Gasteiger charge is -2.27. The summed E-state index contributed by atoms with van der Waals surface area (Å²) in [5.41, 5.74) is 1.08. The van der Waals surface area contributed by atoms with Crippen molar-refractivity contribution in [2.75, 3.05) is 24.5 Å². The standard InChI is InChI=1S/C14H13N5O4/c20-11-6-19(4-3-15-11)10-2-1-8-7(16-10)5-9(23-8)12-13(21)18-14(22)17-12/h1-2,5,12H,3-4,6H2,(H,15,20)(H2,17,18,21,22). The van der Waals surface area contributed by atoms with Gasteiger partial charge in [-0.05, 0) is 12.1 Å². The predicted molar refractivity (Wildman–Crippen MR) is 78.6 cm³/mol. The second kappa shape index (κ2) is 4.97. The topological polar surface area (TPSA) is 117 Å². The monoisotopic (exact) mass is 315 g/mol. The lowest BCUT2D eigenvalue weighted by molar-refractivity contribution is -0.121. The van der Waals surface area contributed by atoms with Crippen LogP contribution in [0.2, 0.25) is 0 Å². The van der Waals surface area contributed by atoms with Crippen LogP contribution >= 0.6 is 0 Å². The van der Waals surface area contributed by atoms with Crippen molar-refractivity contribution in [1.82, 2.24) is 20.9 Å². The first kappa shape index (κ1) is 13.6. The molecule has 0 spiro atoms. The Morgan fingerprint density at radius 3 is 2.87 bits per heavy atom. The molecule has 0 saturated carbocycles. The van der Waals surface area contributed by atoms with Crippen LogP contribution in [-0.2, 0) is 9.59 Å². The number of aromatic nitrogens is 1. The molecule has 9 nitrogen and oxygen atoms in total. The van der Waals surface area contributed by atoms with E-state index in [1.165, 1.54) is 0 Å². The average molecular weight is 315 g/mol. The number of hydrogen-bond donors (Lipinski definition) is 3. The maximum atomic E-state index is 11.7. The summed E-state index contributed by atoms with van der Waals surface area (Å²) in [5.74, 6) is 0.488. The third-order valence-electron chi connectivity index (χ3n) is 3.80. The molecule has 0 bridgehead atoms. The van der Waals surface area contributed by atoms with E-state index in [2.05, 4.69) is 20.9 Å². The van der Waals surface area contributed by atoms with Crippen molar-refractivity contribution in [2.45, 2.75) is 6.04 Å². The number of piperazine rings is 1. The van der Waals surface area contributed by atoms with Crippen molar-refractivity contribution in [3.63, 3.8) is 0 Å². The maximum Gasteiger partial charge on any atom is 0.322 e. The van der Waals surface area contributed by atoms with Gasteiger partial charge in [0.1, 0.15) is 17.1 Å². The number of imide groups is 1. The van der Waals surface area contributed by atoms with Crippen molar-refractivity contribution < 1.29 is 18.8 Å². The van der Waals surface area contributed by atoms with Crippen molar-refractivity contribution in [3.05, 3.63) is 24.0 Å². The first-order valence-corrected chi connectivity index (χ1v) is 7.14. The maximum absolute atomic E-state index is 11.7. The lowest BCUT2D eigenvalue weighted by Crippen LogP contribution is -2.48. The molecule has 2 saturated heterocycles. The highest BCUT2D eigenvalue weighted by Gasteiger charge is 2.33. The molecule has 0 radical (unpaired) electrons. The Bertz CT molecular complexity index is 830. The van der Waals surface area contributed by atoms with E-state index in [1.807, 2.05) is 4.90 Å². The van der Waals surface area contributed by atoms with E-state index in [9.17, 15) is 14.4 Å². The molecule has 1 unspecified atom stereocenters. The number of nitrogens with one attached hydrogen (secondary N) is 3. The normalized spacial score (nSPS) is 21.3. The van der Waals surface area contributed by atoms with Crippen LogP contribution in [0, 0.1) is 0 Å². The number of anilines is 1. The number of pyridine rings is 1. The van der Waals surface area contributed by atoms with Gasteiger partial charge >= 0.3 is 6.03 Å². The van der Waals surface area contributed by atoms with E-state index in [0.717, 1.165) is 0 Å². The Hall–Kier alpha value is -3.10. The number of carbonyl (C=O) groups is 3. The zero-order chi connectivity index (χ0) is 16.0. The fourth-order valence-electron chi connectivity index (χ4n) is 2.70. The van der Waals surface area contributed by atoms with E-state index >= 15 is 0 Å². The number of carbonyl (C=O) groups excluding carboxylic acids is 3. The number of rotatable bonds is 2. The largest absolute Gasteiger partial charge is 0.457 e. The van der Waals surface area contributed by atoms with Crippen LogP contribution in [0.1, 0.15) is 11.8 Å². The van der Waals surface area contributed by atoms with E-state index < -0.39 is 18.0 Å². The highest BCUT2D eigenvalue weighted by molar-refractivity contribution is 6.04. The van der Waals surface area contributed by atoms with Crippen LogP contribution in [0.25, 0.3) is 11.1 Å². The molecule has 3 N–H and O–H groups in total. The zero-order valence-electron chi connectivity index (χ0n) is 12.0. The van der Waals surface area contributed by atoms with Crippen molar-refractivity contribution in [3.8, 4) is 0 Å². The first-order valence-electron chi connectivity index (χ1n) is 7.14. The highest BCUT2D eigenvalue weighted by atomic mass is 16.3. The molecule has 23 heavy (non-hydrogen) atoms. The van der Waals surface area contributed by atoms with Gasteiger partial charge in [-0.2, -0.15) is 0 Å². The fraction of sp³-hybridized carbons (Fsp3) is 0.286. The minimum absolute atomic E-state index is 0.0450. The number of urea groups is 1. The molecular formula is C14H13N5O4. The minimum Gasteiger partial charge on any atom is -0.457 e. The molecule has 4 heterocycles. The van der Waals surface area contributed by atoms with Gasteiger partial charge in [0.25, 0.3) is 5.91 Å². The van der Waals surface area contributed by atoms with Gasteiger partial charge in [-0.25, -0.2) is 9.78 Å². The first-order chi connectivity index (χ1) is 11.1. The van der Waals surface area contributed by atoms with Crippen LogP contribution in [-0.4, -0.2) is 42.5 Å². The van der Waals surface area contributed by atoms with Crippen LogP contribution in [0.5, 0.6) is 0 Å². The minimum atomic E-state index is -0.846. The second-order valence-electron chi connectivity index (χ2n) is 5.37. The quantitative estimate of drug-likeness (QED) is 0.652. The number of furan rings is 1. The van der Waals surface area contributed by atoms with Gasteiger partial charge in [-0.3, -0.25) is 14.9 Å². The summed E-state index contributed by atoms with van der Waals surface area (Å²) in [6, 6.07) is 3.73. The molecule has 0 aliphatic carbocycles. The van der Waals surface area contributed by atoms with Gasteiger partial charge in [0.15, 0.2) is 11.6 Å². The summed E-state index contributed by atoms with van der Waals surface area (Å²) in [6.45, 7) is 1.50. The summed E-state index contributed by atoms with van der Waals surface area (Å²) in [5, 5.41) is 7.39. The smallest absolute Gasteiger partial charge is 0.322 e. The van der Waals surface area contributed by atoms with E-state index in [-0.39, 0.29) is 12.5 Å². The molecule has 0 aromatic carbocycles. The summed E-state index contributed by atoms with van der Waals surface area (Å²) in [4.78, 5) is 40.7. The predicted octanol–water partition coefficient (Wildman–Crippen LogP) is -0.356. The molecule has 2 aromatic rings. The van der Waals surface area contributed by atoms with Crippen LogP contribution in [0.4, 0.5) is 10.6 Å². The van der Waals surface area contributed by atoms with E-state index in [1.54, 1.807) is 18.2 Å². The second-order valence-corrected chi connectivity index (χ2v) is 5.37. The summed E-state index contributed by atoms with van der Waals surface area (Å²) < 4.78 is 5.60. The summed E-state index contributed by atoms with van der Waals surface area (Å²) in [6.07, 6.45) is 0. The molecule has 4 amide bonds. The van der Waals surface area contributed by atoms with Gasteiger partial charge in [0.2, 0.25) is 5.91 Å². The van der Waals surface area contributed by atoms with Gasteiger partial charge in [-0.15, -0.1) is 0 Å². The Morgan fingerprint density at radius 1 is 1.26 bits per heavy atom. The fourth-order valence-corrected chi connectivity index (χ4v) is 2.70. The van der Waals surface area contributed by atoms with Crippen LogP contribution in [0.15, 0.2) is 22.6 Å².